The molecule has 6 heteroatoms. The first-order chi connectivity index (χ1) is 11.5. The number of hydrogen-bond donors (Lipinski definition) is 2. The first-order valence-corrected chi connectivity index (χ1v) is 8.30. The van der Waals surface area contributed by atoms with Gasteiger partial charge < -0.3 is 24.8 Å². The maximum Gasteiger partial charge on any atom is 0.225 e. The average Bonchev–Trinajstić information content (AvgIpc) is 3.07. The zero-order valence-corrected chi connectivity index (χ0v) is 15.1. The summed E-state index contributed by atoms with van der Waals surface area (Å²) in [6.07, 6.45) is 0. The normalized spacial score (nSPS) is 20.1. The molecule has 2 rings (SSSR count). The fourth-order valence-corrected chi connectivity index (χ4v) is 3.06. The second-order valence-electron chi connectivity index (χ2n) is 6.47. The number of ether oxygens (including phenoxy) is 3. The van der Waals surface area contributed by atoms with Crippen LogP contribution in [0.25, 0.3) is 0 Å². The summed E-state index contributed by atoms with van der Waals surface area (Å²) >= 11 is 0. The second-order valence-corrected chi connectivity index (χ2v) is 6.47. The lowest BCUT2D eigenvalue weighted by molar-refractivity contribution is -0.124. The van der Waals surface area contributed by atoms with Crippen molar-refractivity contribution < 1.29 is 19.0 Å². The van der Waals surface area contributed by atoms with Crippen molar-refractivity contribution in [1.82, 2.24) is 10.6 Å². The van der Waals surface area contributed by atoms with Crippen LogP contribution in [0.1, 0.15) is 25.3 Å². The van der Waals surface area contributed by atoms with Crippen molar-refractivity contribution >= 4 is 5.91 Å². The van der Waals surface area contributed by atoms with Crippen molar-refractivity contribution in [2.24, 2.45) is 11.8 Å². The molecule has 0 aliphatic carbocycles. The molecule has 1 aliphatic rings. The molecule has 2 unspecified atom stereocenters. The van der Waals surface area contributed by atoms with E-state index in [9.17, 15) is 4.79 Å². The third-order valence-corrected chi connectivity index (χ3v) is 4.35. The Balaban J connectivity index is 2.27. The maximum atomic E-state index is 12.5. The highest BCUT2D eigenvalue weighted by atomic mass is 16.5. The number of rotatable bonds is 7. The standard InChI is InChI=1S/C18H28N2O4/c1-11(2)8-20-18(21)14-10-19-9-13(14)12-6-15(22-3)17(24-5)16(7-12)23-4/h6-7,11,13-14,19H,8-10H2,1-5H3,(H,20,21). The molecule has 0 radical (unpaired) electrons. The molecule has 0 aromatic heterocycles. The van der Waals surface area contributed by atoms with Crippen LogP contribution in [-0.4, -0.2) is 46.9 Å². The van der Waals surface area contributed by atoms with E-state index in [1.165, 1.54) is 0 Å². The lowest BCUT2D eigenvalue weighted by atomic mass is 9.87. The molecule has 1 aromatic rings. The Morgan fingerprint density at radius 3 is 2.29 bits per heavy atom. The zero-order chi connectivity index (χ0) is 17.7. The fraction of sp³-hybridized carbons (Fsp3) is 0.611. The van der Waals surface area contributed by atoms with Gasteiger partial charge >= 0.3 is 0 Å². The molecule has 1 aliphatic heterocycles. The van der Waals surface area contributed by atoms with Crippen LogP contribution in [0.3, 0.4) is 0 Å². The Labute approximate surface area is 143 Å². The molecule has 1 fully saturated rings. The van der Waals surface area contributed by atoms with Gasteiger partial charge in [0.2, 0.25) is 11.7 Å². The van der Waals surface area contributed by atoms with Gasteiger partial charge in [0, 0.05) is 25.6 Å². The van der Waals surface area contributed by atoms with Crippen molar-refractivity contribution in [3.63, 3.8) is 0 Å². The number of hydrogen-bond acceptors (Lipinski definition) is 5. The summed E-state index contributed by atoms with van der Waals surface area (Å²) < 4.78 is 16.2. The smallest absolute Gasteiger partial charge is 0.225 e. The number of amides is 1. The molecular formula is C18H28N2O4. The Morgan fingerprint density at radius 2 is 1.79 bits per heavy atom. The molecular weight excluding hydrogens is 308 g/mol. The summed E-state index contributed by atoms with van der Waals surface area (Å²) in [7, 11) is 4.78. The SMILES string of the molecule is COc1cc(C2CNCC2C(=O)NCC(C)C)cc(OC)c1OC. The molecule has 134 valence electrons. The van der Waals surface area contributed by atoms with Crippen molar-refractivity contribution in [3.05, 3.63) is 17.7 Å². The molecule has 2 N–H and O–H groups in total. The van der Waals surface area contributed by atoms with Gasteiger partial charge in [-0.1, -0.05) is 13.8 Å². The molecule has 6 nitrogen and oxygen atoms in total. The van der Waals surface area contributed by atoms with Gasteiger partial charge in [0.25, 0.3) is 0 Å². The molecule has 1 amide bonds. The van der Waals surface area contributed by atoms with Crippen LogP contribution < -0.4 is 24.8 Å². The molecule has 1 aromatic carbocycles. The summed E-state index contributed by atoms with van der Waals surface area (Å²) in [6.45, 7) is 6.29. The van der Waals surface area contributed by atoms with Crippen molar-refractivity contribution in [1.29, 1.82) is 0 Å². The summed E-state index contributed by atoms with van der Waals surface area (Å²) in [5.41, 5.74) is 1.01. The summed E-state index contributed by atoms with van der Waals surface area (Å²) in [4.78, 5) is 12.5. The van der Waals surface area contributed by atoms with Crippen LogP contribution in [0, 0.1) is 11.8 Å². The van der Waals surface area contributed by atoms with E-state index in [-0.39, 0.29) is 17.7 Å². The Kier molecular flexibility index (Phi) is 6.31. The minimum atomic E-state index is -0.105. The van der Waals surface area contributed by atoms with E-state index in [1.54, 1.807) is 21.3 Å². The van der Waals surface area contributed by atoms with E-state index in [1.807, 2.05) is 12.1 Å². The maximum absolute atomic E-state index is 12.5. The average molecular weight is 336 g/mol. The van der Waals surface area contributed by atoms with E-state index in [0.29, 0.717) is 36.3 Å². The number of methoxy groups -OCH3 is 3. The highest BCUT2D eigenvalue weighted by Gasteiger charge is 2.35. The van der Waals surface area contributed by atoms with E-state index < -0.39 is 0 Å². The van der Waals surface area contributed by atoms with E-state index in [2.05, 4.69) is 24.5 Å². The van der Waals surface area contributed by atoms with Crippen molar-refractivity contribution in [2.45, 2.75) is 19.8 Å². The summed E-state index contributed by atoms with van der Waals surface area (Å²) in [5, 5.41) is 6.36. The van der Waals surface area contributed by atoms with Crippen molar-refractivity contribution in [2.75, 3.05) is 41.0 Å². The fourth-order valence-electron chi connectivity index (χ4n) is 3.06. The first kappa shape index (κ1) is 18.4. The molecule has 2 atom stereocenters. The highest BCUT2D eigenvalue weighted by molar-refractivity contribution is 5.80. The van der Waals surface area contributed by atoms with Gasteiger partial charge in [-0.2, -0.15) is 0 Å². The quantitative estimate of drug-likeness (QED) is 0.794. The predicted octanol–water partition coefficient (Wildman–Crippen LogP) is 1.79. The first-order valence-electron chi connectivity index (χ1n) is 8.30. The van der Waals surface area contributed by atoms with Gasteiger partial charge in [0.15, 0.2) is 11.5 Å². The highest BCUT2D eigenvalue weighted by Crippen LogP contribution is 2.42. The van der Waals surface area contributed by atoms with Crippen LogP contribution >= 0.6 is 0 Å². The van der Waals surface area contributed by atoms with Gasteiger partial charge in [-0.3, -0.25) is 4.79 Å². The van der Waals surface area contributed by atoms with Crippen LogP contribution in [-0.2, 0) is 4.79 Å². The molecule has 24 heavy (non-hydrogen) atoms. The van der Waals surface area contributed by atoms with Gasteiger partial charge in [0.05, 0.1) is 27.2 Å². The third kappa shape index (κ3) is 3.93. The minimum absolute atomic E-state index is 0.0749. The molecule has 0 spiro atoms. The lowest BCUT2D eigenvalue weighted by Crippen LogP contribution is -2.36. The molecule has 1 saturated heterocycles. The largest absolute Gasteiger partial charge is 0.493 e. The van der Waals surface area contributed by atoms with E-state index in [0.717, 1.165) is 12.1 Å². The zero-order valence-electron chi connectivity index (χ0n) is 15.1. The Bertz CT molecular complexity index is 549. The van der Waals surface area contributed by atoms with E-state index >= 15 is 0 Å². The molecule has 0 bridgehead atoms. The Morgan fingerprint density at radius 1 is 1.17 bits per heavy atom. The van der Waals surface area contributed by atoms with Crippen LogP contribution in [0.15, 0.2) is 12.1 Å². The third-order valence-electron chi connectivity index (χ3n) is 4.35. The van der Waals surface area contributed by atoms with Gasteiger partial charge in [-0.15, -0.1) is 0 Å². The topological polar surface area (TPSA) is 68.8 Å². The van der Waals surface area contributed by atoms with Crippen LogP contribution in [0.5, 0.6) is 17.2 Å². The van der Waals surface area contributed by atoms with Crippen molar-refractivity contribution in [3.8, 4) is 17.2 Å². The second kappa shape index (κ2) is 8.24. The number of carbonyl (C=O) groups is 1. The Hall–Kier alpha value is -1.95. The molecule has 1 heterocycles. The minimum Gasteiger partial charge on any atom is -0.493 e. The summed E-state index contributed by atoms with van der Waals surface area (Å²) in [6, 6.07) is 3.86. The summed E-state index contributed by atoms with van der Waals surface area (Å²) in [5.74, 6) is 2.28. The van der Waals surface area contributed by atoms with Crippen LogP contribution in [0.2, 0.25) is 0 Å². The predicted molar refractivity (Wildman–Crippen MR) is 93.0 cm³/mol. The van der Waals surface area contributed by atoms with E-state index in [4.69, 9.17) is 14.2 Å². The van der Waals surface area contributed by atoms with Gasteiger partial charge in [-0.05, 0) is 23.6 Å². The number of nitrogens with one attached hydrogen (secondary N) is 2. The number of carbonyl (C=O) groups excluding carboxylic acids is 1. The van der Waals surface area contributed by atoms with Gasteiger partial charge in [-0.25, -0.2) is 0 Å². The molecule has 0 saturated carbocycles. The lowest BCUT2D eigenvalue weighted by Gasteiger charge is -2.21. The monoisotopic (exact) mass is 336 g/mol. The van der Waals surface area contributed by atoms with Crippen LogP contribution in [0.4, 0.5) is 0 Å². The van der Waals surface area contributed by atoms with Gasteiger partial charge in [0.1, 0.15) is 0 Å². The number of benzene rings is 1.